The van der Waals surface area contributed by atoms with Crippen LogP contribution in [0.1, 0.15) is 16.4 Å². The zero-order valence-corrected chi connectivity index (χ0v) is 15.9. The number of anilines is 1. The summed E-state index contributed by atoms with van der Waals surface area (Å²) < 4.78 is 1.37. The van der Waals surface area contributed by atoms with Crippen LogP contribution in [0.5, 0.6) is 0 Å². The van der Waals surface area contributed by atoms with Gasteiger partial charge in [0.05, 0.1) is 18.4 Å². The van der Waals surface area contributed by atoms with Crippen molar-refractivity contribution in [3.8, 4) is 0 Å². The quantitative estimate of drug-likeness (QED) is 0.592. The van der Waals surface area contributed by atoms with Crippen molar-refractivity contribution in [3.63, 3.8) is 0 Å². The molecule has 1 aromatic heterocycles. The molecule has 0 N–H and O–H groups in total. The average Bonchev–Trinajstić information content (AvgIpc) is 3.34. The molecular formula is C20H19N3OS2. The Bertz CT molecular complexity index is 963. The molecule has 26 heavy (non-hydrogen) atoms. The third-order valence-corrected chi connectivity index (χ3v) is 7.58. The van der Waals surface area contributed by atoms with E-state index in [0.717, 1.165) is 19.5 Å². The molecule has 0 aliphatic carbocycles. The largest absolute Gasteiger partial charge is 0.368 e. The maximum atomic E-state index is 10.7. The molecule has 2 aliphatic heterocycles. The lowest BCUT2D eigenvalue weighted by molar-refractivity contribution is 0.266. The molecule has 3 heterocycles. The van der Waals surface area contributed by atoms with Gasteiger partial charge in [-0.05, 0) is 52.6 Å². The molecule has 2 aromatic carbocycles. The first-order valence-electron chi connectivity index (χ1n) is 8.91. The highest BCUT2D eigenvalue weighted by Crippen LogP contribution is 2.51. The molecule has 0 saturated carbocycles. The molecule has 1 unspecified atom stereocenters. The van der Waals surface area contributed by atoms with Gasteiger partial charge in [-0.1, -0.05) is 18.2 Å². The van der Waals surface area contributed by atoms with Crippen LogP contribution in [0.15, 0.2) is 58.0 Å². The zero-order valence-electron chi connectivity index (χ0n) is 14.3. The highest BCUT2D eigenvalue weighted by Gasteiger charge is 2.29. The van der Waals surface area contributed by atoms with E-state index in [4.69, 9.17) is 0 Å². The van der Waals surface area contributed by atoms with Crippen molar-refractivity contribution < 1.29 is 0 Å². The van der Waals surface area contributed by atoms with Gasteiger partial charge in [0.15, 0.2) is 0 Å². The van der Waals surface area contributed by atoms with E-state index in [0.29, 0.717) is 18.3 Å². The number of rotatable bonds is 3. The lowest BCUT2D eigenvalue weighted by Gasteiger charge is -2.34. The van der Waals surface area contributed by atoms with Crippen LogP contribution in [0.3, 0.4) is 0 Å². The van der Waals surface area contributed by atoms with Gasteiger partial charge in [-0.25, -0.2) is 0 Å². The molecule has 1 atom stereocenters. The summed E-state index contributed by atoms with van der Waals surface area (Å²) in [5.41, 5.74) is 4.24. The SMILES string of the molecule is O=NN1CCN(c2cccc3c2CC(c2cccc4sccc24)S3)CC1. The summed E-state index contributed by atoms with van der Waals surface area (Å²) in [4.78, 5) is 14.5. The fourth-order valence-corrected chi connectivity index (χ4v) is 6.23. The van der Waals surface area contributed by atoms with Crippen LogP contribution in [0, 0.1) is 4.91 Å². The van der Waals surface area contributed by atoms with Crippen LogP contribution in [-0.4, -0.2) is 31.2 Å². The lowest BCUT2D eigenvalue weighted by atomic mass is 10.00. The third-order valence-electron chi connectivity index (χ3n) is 5.36. The Kier molecular flexibility index (Phi) is 4.10. The van der Waals surface area contributed by atoms with Crippen molar-refractivity contribution in [2.45, 2.75) is 16.6 Å². The molecule has 1 fully saturated rings. The van der Waals surface area contributed by atoms with Gasteiger partial charge < -0.3 is 4.90 Å². The number of thioether (sulfide) groups is 1. The van der Waals surface area contributed by atoms with E-state index in [1.807, 2.05) is 23.1 Å². The van der Waals surface area contributed by atoms with Gasteiger partial charge in [-0.3, -0.25) is 5.01 Å². The molecule has 5 rings (SSSR count). The van der Waals surface area contributed by atoms with Crippen molar-refractivity contribution in [1.82, 2.24) is 5.01 Å². The lowest BCUT2D eigenvalue weighted by Crippen LogP contribution is -2.44. The molecule has 0 spiro atoms. The fraction of sp³-hybridized carbons (Fsp3) is 0.300. The topological polar surface area (TPSA) is 35.9 Å². The molecule has 0 amide bonds. The van der Waals surface area contributed by atoms with E-state index < -0.39 is 0 Å². The number of thiophene rings is 1. The fourth-order valence-electron chi connectivity index (χ4n) is 4.04. The normalized spacial score (nSPS) is 19.8. The van der Waals surface area contributed by atoms with Gasteiger partial charge in [-0.15, -0.1) is 28.0 Å². The van der Waals surface area contributed by atoms with E-state index in [1.54, 1.807) is 5.01 Å². The second kappa shape index (κ2) is 6.59. The van der Waals surface area contributed by atoms with Gasteiger partial charge in [0.25, 0.3) is 0 Å². The molecule has 2 aliphatic rings. The monoisotopic (exact) mass is 381 g/mol. The second-order valence-electron chi connectivity index (χ2n) is 6.77. The summed E-state index contributed by atoms with van der Waals surface area (Å²) in [5, 5.41) is 8.76. The Balaban J connectivity index is 1.45. The van der Waals surface area contributed by atoms with Gasteiger partial charge in [0, 0.05) is 33.6 Å². The van der Waals surface area contributed by atoms with Gasteiger partial charge in [0.2, 0.25) is 0 Å². The van der Waals surface area contributed by atoms with E-state index >= 15 is 0 Å². The van der Waals surface area contributed by atoms with E-state index in [1.165, 1.54) is 31.8 Å². The minimum absolute atomic E-state index is 0.474. The molecule has 3 aromatic rings. The number of hydrogen-bond acceptors (Lipinski definition) is 5. The Morgan fingerprint density at radius 1 is 1.00 bits per heavy atom. The van der Waals surface area contributed by atoms with Crippen molar-refractivity contribution in [2.75, 3.05) is 31.1 Å². The van der Waals surface area contributed by atoms with Crippen LogP contribution in [0.25, 0.3) is 10.1 Å². The average molecular weight is 382 g/mol. The van der Waals surface area contributed by atoms with E-state index in [2.05, 4.69) is 58.0 Å². The maximum absolute atomic E-state index is 10.7. The maximum Gasteiger partial charge on any atom is 0.0568 e. The Hall–Kier alpha value is -2.05. The number of piperazine rings is 1. The molecule has 4 nitrogen and oxygen atoms in total. The predicted octanol–water partition coefficient (Wildman–Crippen LogP) is 5.09. The minimum Gasteiger partial charge on any atom is -0.368 e. The Morgan fingerprint density at radius 3 is 2.69 bits per heavy atom. The van der Waals surface area contributed by atoms with Crippen LogP contribution in [-0.2, 0) is 6.42 Å². The standard InChI is InChI=1S/C20H19N3OS2/c24-21-23-10-8-22(9-11-23)17-4-2-6-19-16(17)13-20(26-19)14-3-1-5-18-15(14)7-12-25-18/h1-7,12,20H,8-11,13H2. The van der Waals surface area contributed by atoms with Gasteiger partial charge in [0.1, 0.15) is 0 Å². The summed E-state index contributed by atoms with van der Waals surface area (Å²) in [6, 6.07) is 15.6. The van der Waals surface area contributed by atoms with Crippen molar-refractivity contribution in [1.29, 1.82) is 0 Å². The summed E-state index contributed by atoms with van der Waals surface area (Å²) in [7, 11) is 0. The van der Waals surface area contributed by atoms with Crippen molar-refractivity contribution in [2.24, 2.45) is 5.29 Å². The number of fused-ring (bicyclic) bond motifs is 2. The van der Waals surface area contributed by atoms with Gasteiger partial charge in [-0.2, -0.15) is 0 Å². The molecule has 0 radical (unpaired) electrons. The third kappa shape index (κ3) is 2.68. The predicted molar refractivity (Wildman–Crippen MR) is 110 cm³/mol. The number of nitroso groups, excluding NO2 is 1. The van der Waals surface area contributed by atoms with Crippen LogP contribution < -0.4 is 4.90 Å². The smallest absolute Gasteiger partial charge is 0.0568 e. The van der Waals surface area contributed by atoms with E-state index in [9.17, 15) is 4.91 Å². The molecule has 6 heteroatoms. The van der Waals surface area contributed by atoms with Crippen molar-refractivity contribution >= 4 is 38.9 Å². The zero-order chi connectivity index (χ0) is 17.5. The Labute approximate surface area is 160 Å². The summed E-state index contributed by atoms with van der Waals surface area (Å²) in [5.74, 6) is 0. The minimum atomic E-state index is 0.474. The molecule has 0 bridgehead atoms. The number of benzene rings is 2. The Morgan fingerprint density at radius 2 is 1.85 bits per heavy atom. The first-order valence-corrected chi connectivity index (χ1v) is 10.7. The van der Waals surface area contributed by atoms with Crippen LogP contribution >= 0.6 is 23.1 Å². The van der Waals surface area contributed by atoms with E-state index in [-0.39, 0.29) is 0 Å². The highest BCUT2D eigenvalue weighted by molar-refractivity contribution is 7.99. The highest BCUT2D eigenvalue weighted by atomic mass is 32.2. The molecule has 1 saturated heterocycles. The number of nitrogens with zero attached hydrogens (tertiary/aromatic N) is 3. The summed E-state index contributed by atoms with van der Waals surface area (Å²) in [6.07, 6.45) is 1.07. The molecule has 132 valence electrons. The second-order valence-corrected chi connectivity index (χ2v) is 8.96. The first-order chi connectivity index (χ1) is 12.8. The summed E-state index contributed by atoms with van der Waals surface area (Å²) >= 11 is 3.81. The number of hydrogen-bond donors (Lipinski definition) is 0. The molecular weight excluding hydrogens is 362 g/mol. The van der Waals surface area contributed by atoms with Gasteiger partial charge >= 0.3 is 0 Å². The van der Waals surface area contributed by atoms with Crippen molar-refractivity contribution in [3.05, 3.63) is 63.9 Å². The first kappa shape index (κ1) is 16.1. The van der Waals surface area contributed by atoms with Crippen LogP contribution in [0.4, 0.5) is 5.69 Å². The van der Waals surface area contributed by atoms with Crippen LogP contribution in [0.2, 0.25) is 0 Å². The summed E-state index contributed by atoms with van der Waals surface area (Å²) in [6.45, 7) is 3.13.